The van der Waals surface area contributed by atoms with Gasteiger partial charge in [0.25, 0.3) is 0 Å². The van der Waals surface area contributed by atoms with Gasteiger partial charge in [-0.3, -0.25) is 0 Å². The number of nitrogens with zero attached hydrogens (tertiary/aromatic N) is 1. The largest absolute Gasteiger partial charge is 0.358 e. The van der Waals surface area contributed by atoms with E-state index in [0.29, 0.717) is 5.37 Å². The molecule has 1 fully saturated rings. The van der Waals surface area contributed by atoms with Crippen LogP contribution in [-0.2, 0) is 4.74 Å². The third-order valence-corrected chi connectivity index (χ3v) is 4.08. The zero-order chi connectivity index (χ0) is 10.7. The molecule has 1 aliphatic heterocycles. The Kier molecular flexibility index (Phi) is 3.94. The maximum Gasteiger partial charge on any atom is 0.145 e. The molecule has 4 heteroatoms. The molecule has 0 aromatic carbocycles. The lowest BCUT2D eigenvalue weighted by molar-refractivity contribution is -0.00233. The first kappa shape index (κ1) is 11.3. The van der Waals surface area contributed by atoms with E-state index in [-0.39, 0.29) is 6.23 Å². The van der Waals surface area contributed by atoms with Crippen LogP contribution in [0.1, 0.15) is 26.2 Å². The second kappa shape index (κ2) is 5.23. The average Bonchev–Trinajstić information content (AvgIpc) is 2.63. The molecule has 2 aliphatic rings. The summed E-state index contributed by atoms with van der Waals surface area (Å²) < 4.78 is 5.78. The molecular weight excluding hydrogens is 208 g/mol. The molecule has 0 aromatic heterocycles. The van der Waals surface area contributed by atoms with Gasteiger partial charge in [0.05, 0.1) is 12.0 Å². The Morgan fingerprint density at radius 3 is 3.00 bits per heavy atom. The van der Waals surface area contributed by atoms with Crippen LogP contribution in [0.2, 0.25) is 0 Å². The summed E-state index contributed by atoms with van der Waals surface area (Å²) in [6.07, 6.45) is 10.4. The highest BCUT2D eigenvalue weighted by Crippen LogP contribution is 2.27. The molecule has 2 unspecified atom stereocenters. The van der Waals surface area contributed by atoms with Gasteiger partial charge in [0, 0.05) is 6.20 Å². The van der Waals surface area contributed by atoms with E-state index in [2.05, 4.69) is 35.9 Å². The molecule has 0 saturated heterocycles. The van der Waals surface area contributed by atoms with Gasteiger partial charge in [-0.05, 0) is 38.0 Å². The van der Waals surface area contributed by atoms with Gasteiger partial charge in [-0.1, -0.05) is 6.42 Å². The lowest BCUT2D eigenvalue weighted by atomic mass is 9.86. The van der Waals surface area contributed by atoms with Gasteiger partial charge in [0.1, 0.15) is 6.23 Å². The molecule has 0 spiro atoms. The molecule has 15 heavy (non-hydrogen) atoms. The molecule has 1 saturated carbocycles. The minimum absolute atomic E-state index is 0.0835. The Labute approximate surface area is 96.2 Å². The van der Waals surface area contributed by atoms with Crippen LogP contribution in [-0.4, -0.2) is 29.5 Å². The van der Waals surface area contributed by atoms with Crippen molar-refractivity contribution in [1.82, 2.24) is 10.4 Å². The van der Waals surface area contributed by atoms with Crippen molar-refractivity contribution in [2.24, 2.45) is 5.92 Å². The maximum absolute atomic E-state index is 5.78. The van der Waals surface area contributed by atoms with Crippen LogP contribution < -0.4 is 5.43 Å². The first-order chi connectivity index (χ1) is 7.29. The third-order valence-electron chi connectivity index (χ3n) is 3.17. The van der Waals surface area contributed by atoms with Crippen molar-refractivity contribution in [2.45, 2.75) is 37.8 Å². The topological polar surface area (TPSA) is 24.5 Å². The first-order valence-electron chi connectivity index (χ1n) is 5.67. The molecule has 0 radical (unpaired) electrons. The van der Waals surface area contributed by atoms with Crippen molar-refractivity contribution in [1.29, 1.82) is 0 Å². The van der Waals surface area contributed by atoms with Crippen LogP contribution in [0.3, 0.4) is 0 Å². The van der Waals surface area contributed by atoms with Gasteiger partial charge >= 0.3 is 0 Å². The SMILES string of the molecule is CSC(C)N1C=CC(OCC2CCC2)N1. The van der Waals surface area contributed by atoms with E-state index in [1.54, 1.807) is 0 Å². The minimum atomic E-state index is 0.0835. The standard InChI is InChI=1S/C11H20N2OS/c1-9(15-2)13-7-6-11(12-13)14-8-10-4-3-5-10/h6-7,9-12H,3-5,8H2,1-2H3. The van der Waals surface area contributed by atoms with Crippen LogP contribution in [0.5, 0.6) is 0 Å². The van der Waals surface area contributed by atoms with Gasteiger partial charge in [-0.2, -0.15) is 0 Å². The zero-order valence-corrected chi connectivity index (χ0v) is 10.3. The molecule has 1 N–H and O–H groups in total. The molecule has 2 rings (SSSR count). The van der Waals surface area contributed by atoms with E-state index in [4.69, 9.17) is 4.74 Å². The summed E-state index contributed by atoms with van der Waals surface area (Å²) in [5.41, 5.74) is 3.32. The van der Waals surface area contributed by atoms with Crippen molar-refractivity contribution in [3.63, 3.8) is 0 Å². The molecule has 1 heterocycles. The molecule has 3 nitrogen and oxygen atoms in total. The Morgan fingerprint density at radius 1 is 1.60 bits per heavy atom. The van der Waals surface area contributed by atoms with Gasteiger partial charge in [-0.25, -0.2) is 5.43 Å². The number of hydrogen-bond acceptors (Lipinski definition) is 4. The van der Waals surface area contributed by atoms with Gasteiger partial charge < -0.3 is 9.75 Å². The van der Waals surface area contributed by atoms with E-state index in [0.717, 1.165) is 12.5 Å². The van der Waals surface area contributed by atoms with Crippen LogP contribution in [0.4, 0.5) is 0 Å². The van der Waals surface area contributed by atoms with Gasteiger partial charge in [0.2, 0.25) is 0 Å². The first-order valence-corrected chi connectivity index (χ1v) is 6.95. The van der Waals surface area contributed by atoms with E-state index in [9.17, 15) is 0 Å². The van der Waals surface area contributed by atoms with Gasteiger partial charge in [0.15, 0.2) is 0 Å². The van der Waals surface area contributed by atoms with E-state index in [1.807, 2.05) is 11.8 Å². The maximum atomic E-state index is 5.78. The number of hydrazine groups is 1. The summed E-state index contributed by atoms with van der Waals surface area (Å²) in [7, 11) is 0. The number of ether oxygens (including phenoxy) is 1. The Morgan fingerprint density at radius 2 is 2.40 bits per heavy atom. The molecule has 2 atom stereocenters. The lowest BCUT2D eigenvalue weighted by Gasteiger charge is -2.28. The fourth-order valence-corrected chi connectivity index (χ4v) is 2.09. The number of nitrogens with one attached hydrogen (secondary N) is 1. The summed E-state index contributed by atoms with van der Waals surface area (Å²) in [6, 6.07) is 0. The van der Waals surface area contributed by atoms with E-state index in [1.165, 1.54) is 19.3 Å². The minimum Gasteiger partial charge on any atom is -0.358 e. The average molecular weight is 228 g/mol. The highest BCUT2D eigenvalue weighted by atomic mass is 32.2. The molecule has 0 amide bonds. The van der Waals surface area contributed by atoms with Crippen LogP contribution in [0.15, 0.2) is 12.3 Å². The molecule has 86 valence electrons. The Balaban J connectivity index is 1.66. The number of thioether (sulfide) groups is 1. The predicted molar refractivity (Wildman–Crippen MR) is 64.2 cm³/mol. The Hall–Kier alpha value is -0.190. The van der Waals surface area contributed by atoms with Crippen LogP contribution in [0.25, 0.3) is 0 Å². The summed E-state index contributed by atoms with van der Waals surface area (Å²) in [5, 5.41) is 2.56. The van der Waals surface area contributed by atoms with Crippen LogP contribution >= 0.6 is 11.8 Å². The molecule has 0 aromatic rings. The van der Waals surface area contributed by atoms with Crippen molar-refractivity contribution >= 4 is 11.8 Å². The highest BCUT2D eigenvalue weighted by Gasteiger charge is 2.22. The van der Waals surface area contributed by atoms with Crippen LogP contribution in [0, 0.1) is 5.92 Å². The van der Waals surface area contributed by atoms with Crippen molar-refractivity contribution in [3.05, 3.63) is 12.3 Å². The lowest BCUT2D eigenvalue weighted by Crippen LogP contribution is -2.41. The molecule has 1 aliphatic carbocycles. The fourth-order valence-electron chi connectivity index (χ4n) is 1.74. The second-order valence-corrected chi connectivity index (χ2v) is 5.42. The quantitative estimate of drug-likeness (QED) is 0.779. The van der Waals surface area contributed by atoms with E-state index >= 15 is 0 Å². The predicted octanol–water partition coefficient (Wildman–Crippen LogP) is 2.17. The third kappa shape index (κ3) is 2.89. The number of hydrogen-bond donors (Lipinski definition) is 1. The Bertz CT molecular complexity index is 231. The second-order valence-electron chi connectivity index (χ2n) is 4.26. The van der Waals surface area contributed by atoms with Crippen molar-refractivity contribution in [2.75, 3.05) is 12.9 Å². The molecular formula is C11H20N2OS. The normalized spacial score (nSPS) is 28.1. The van der Waals surface area contributed by atoms with Gasteiger partial charge in [-0.15, -0.1) is 11.8 Å². The zero-order valence-electron chi connectivity index (χ0n) is 9.48. The molecule has 0 bridgehead atoms. The van der Waals surface area contributed by atoms with E-state index < -0.39 is 0 Å². The summed E-state index contributed by atoms with van der Waals surface area (Å²) in [6.45, 7) is 3.08. The van der Waals surface area contributed by atoms with Crippen molar-refractivity contribution < 1.29 is 4.74 Å². The van der Waals surface area contributed by atoms with Crippen molar-refractivity contribution in [3.8, 4) is 0 Å². The number of rotatable bonds is 5. The monoisotopic (exact) mass is 228 g/mol. The summed E-state index contributed by atoms with van der Waals surface area (Å²) >= 11 is 1.82. The highest BCUT2D eigenvalue weighted by molar-refractivity contribution is 7.99. The summed E-state index contributed by atoms with van der Waals surface area (Å²) in [5.74, 6) is 0.812. The smallest absolute Gasteiger partial charge is 0.145 e. The summed E-state index contributed by atoms with van der Waals surface area (Å²) in [4.78, 5) is 0. The fraction of sp³-hybridized carbons (Fsp3) is 0.818.